The first-order valence-corrected chi connectivity index (χ1v) is 12.3. The van der Waals surface area contributed by atoms with Crippen molar-refractivity contribution in [2.24, 2.45) is 0 Å². The van der Waals surface area contributed by atoms with E-state index in [1.807, 2.05) is 72.9 Å². The van der Waals surface area contributed by atoms with Crippen LogP contribution in [-0.2, 0) is 0 Å². The molecule has 1 aliphatic rings. The lowest BCUT2D eigenvalue weighted by Gasteiger charge is -2.27. The van der Waals surface area contributed by atoms with Gasteiger partial charge in [0.25, 0.3) is 0 Å². The van der Waals surface area contributed by atoms with Crippen molar-refractivity contribution in [3.63, 3.8) is 0 Å². The van der Waals surface area contributed by atoms with Gasteiger partial charge in [-0.1, -0.05) is 23.8 Å². The number of rotatable bonds is 5. The number of hydrogen-bond acceptors (Lipinski definition) is 4. The maximum atomic E-state index is 6.00. The molecular formula is C25H20BrN3OS2. The molecule has 0 bridgehead atoms. The van der Waals surface area contributed by atoms with Crippen LogP contribution < -0.4 is 15.0 Å². The van der Waals surface area contributed by atoms with Crippen LogP contribution in [0.1, 0.15) is 28.2 Å². The highest BCUT2D eigenvalue weighted by atomic mass is 79.9. The molecule has 0 unspecified atom stereocenters. The van der Waals surface area contributed by atoms with E-state index in [0.717, 1.165) is 27.4 Å². The first-order chi connectivity index (χ1) is 15.6. The van der Waals surface area contributed by atoms with Crippen molar-refractivity contribution in [2.45, 2.75) is 19.0 Å². The highest BCUT2D eigenvalue weighted by Gasteiger charge is 2.41. The molecule has 1 fully saturated rings. The monoisotopic (exact) mass is 521 g/mol. The van der Waals surface area contributed by atoms with Gasteiger partial charge in [-0.15, -0.1) is 11.3 Å². The molecule has 4 nitrogen and oxygen atoms in total. The summed E-state index contributed by atoms with van der Waals surface area (Å²) in [6, 6.07) is 24.2. The van der Waals surface area contributed by atoms with Crippen molar-refractivity contribution in [1.82, 2.24) is 10.3 Å². The molecule has 7 heteroatoms. The summed E-state index contributed by atoms with van der Waals surface area (Å²) in [7, 11) is 0. The van der Waals surface area contributed by atoms with E-state index in [0.29, 0.717) is 5.11 Å². The fourth-order valence-electron chi connectivity index (χ4n) is 3.82. The number of pyridine rings is 1. The smallest absolute Gasteiger partial charge is 0.174 e. The number of aromatic nitrogens is 1. The van der Waals surface area contributed by atoms with Crippen LogP contribution in [0.2, 0.25) is 0 Å². The number of nitrogens with zero attached hydrogens (tertiary/aromatic N) is 2. The Morgan fingerprint density at radius 3 is 2.38 bits per heavy atom. The predicted molar refractivity (Wildman–Crippen MR) is 138 cm³/mol. The zero-order chi connectivity index (χ0) is 22.1. The van der Waals surface area contributed by atoms with Crippen molar-refractivity contribution in [3.8, 4) is 11.5 Å². The van der Waals surface area contributed by atoms with Gasteiger partial charge in [-0.2, -0.15) is 0 Å². The van der Waals surface area contributed by atoms with Crippen LogP contribution in [0.5, 0.6) is 11.5 Å². The molecule has 1 N–H and O–H groups in total. The van der Waals surface area contributed by atoms with Crippen LogP contribution in [0.15, 0.2) is 88.8 Å². The van der Waals surface area contributed by atoms with E-state index >= 15 is 0 Å². The second kappa shape index (κ2) is 9.02. The fourth-order valence-corrected chi connectivity index (χ4v) is 5.74. The number of aryl methyl sites for hydroxylation is 1. The largest absolute Gasteiger partial charge is 0.457 e. The molecule has 0 amide bonds. The summed E-state index contributed by atoms with van der Waals surface area (Å²) in [5.41, 5.74) is 3.18. The van der Waals surface area contributed by atoms with Gasteiger partial charge in [0.2, 0.25) is 0 Å². The van der Waals surface area contributed by atoms with Gasteiger partial charge in [-0.3, -0.25) is 4.98 Å². The minimum Gasteiger partial charge on any atom is -0.457 e. The van der Waals surface area contributed by atoms with E-state index in [2.05, 4.69) is 49.5 Å². The molecule has 32 heavy (non-hydrogen) atoms. The fraction of sp³-hybridized carbons (Fsp3) is 0.120. The first kappa shape index (κ1) is 21.1. The number of anilines is 1. The predicted octanol–water partition coefficient (Wildman–Crippen LogP) is 7.18. The summed E-state index contributed by atoms with van der Waals surface area (Å²) < 4.78 is 7.07. The van der Waals surface area contributed by atoms with Crippen LogP contribution in [-0.4, -0.2) is 10.1 Å². The summed E-state index contributed by atoms with van der Waals surface area (Å²) >= 11 is 11.1. The van der Waals surface area contributed by atoms with Crippen LogP contribution in [0.25, 0.3) is 0 Å². The van der Waals surface area contributed by atoms with Crippen molar-refractivity contribution >= 4 is 50.3 Å². The zero-order valence-electron chi connectivity index (χ0n) is 17.2. The molecule has 1 saturated heterocycles. The number of benzene rings is 2. The third-order valence-electron chi connectivity index (χ3n) is 5.35. The van der Waals surface area contributed by atoms with Crippen LogP contribution in [0.3, 0.4) is 0 Å². The Kier molecular flexibility index (Phi) is 5.95. The van der Waals surface area contributed by atoms with E-state index in [-0.39, 0.29) is 12.1 Å². The molecule has 3 heterocycles. The lowest BCUT2D eigenvalue weighted by Crippen LogP contribution is -2.28. The van der Waals surface area contributed by atoms with E-state index in [1.54, 1.807) is 11.3 Å². The van der Waals surface area contributed by atoms with Crippen LogP contribution in [0, 0.1) is 6.92 Å². The second-order valence-electron chi connectivity index (χ2n) is 7.57. The average molecular weight is 522 g/mol. The van der Waals surface area contributed by atoms with Gasteiger partial charge in [-0.25, -0.2) is 0 Å². The summed E-state index contributed by atoms with van der Waals surface area (Å²) in [5, 5.41) is 6.27. The van der Waals surface area contributed by atoms with Crippen molar-refractivity contribution in [1.29, 1.82) is 0 Å². The topological polar surface area (TPSA) is 37.4 Å². The third kappa shape index (κ3) is 4.28. The molecular weight excluding hydrogens is 502 g/mol. The molecule has 1 aliphatic heterocycles. The Morgan fingerprint density at radius 1 is 1.03 bits per heavy atom. The first-order valence-electron chi connectivity index (χ1n) is 10.2. The quantitative estimate of drug-likeness (QED) is 0.281. The molecule has 0 aliphatic carbocycles. The number of halogens is 1. The van der Waals surface area contributed by atoms with Crippen molar-refractivity contribution in [2.75, 3.05) is 4.90 Å². The minimum atomic E-state index is -0.0438. The maximum Gasteiger partial charge on any atom is 0.174 e. The summed E-state index contributed by atoms with van der Waals surface area (Å²) in [6.07, 6.45) is 1.82. The minimum absolute atomic E-state index is 0.00225. The van der Waals surface area contributed by atoms with Crippen LogP contribution >= 0.6 is 39.5 Å². The van der Waals surface area contributed by atoms with E-state index in [4.69, 9.17) is 17.0 Å². The van der Waals surface area contributed by atoms with Gasteiger partial charge >= 0.3 is 0 Å². The second-order valence-corrected chi connectivity index (χ2v) is 9.82. The average Bonchev–Trinajstić information content (AvgIpc) is 3.39. The van der Waals surface area contributed by atoms with Gasteiger partial charge in [0, 0.05) is 26.6 Å². The molecule has 2 aromatic heterocycles. The highest BCUT2D eigenvalue weighted by molar-refractivity contribution is 9.10. The molecule has 0 saturated carbocycles. The van der Waals surface area contributed by atoms with Crippen molar-refractivity contribution in [3.05, 3.63) is 105 Å². The van der Waals surface area contributed by atoms with E-state index < -0.39 is 0 Å². The lowest BCUT2D eigenvalue weighted by molar-refractivity contribution is 0.482. The third-order valence-corrected chi connectivity index (χ3v) is 7.43. The lowest BCUT2D eigenvalue weighted by atomic mass is 10.0. The Hall–Kier alpha value is -2.74. The number of nitrogens with one attached hydrogen (secondary N) is 1. The number of thiocarbonyl (C=S) groups is 1. The van der Waals surface area contributed by atoms with E-state index in [1.165, 1.54) is 10.4 Å². The number of thiophene rings is 1. The standard InChI is InChI=1S/C25H20BrN3OS2/c1-16-5-9-19(10-6-16)30-20-11-7-18(8-12-20)29-24(22-14-17(26)15-32-22)23(28-25(29)31)21-4-2-3-13-27-21/h2-15,23-24H,1H3,(H,28,31)/t23-,24-/m0/s1. The van der Waals surface area contributed by atoms with Gasteiger partial charge in [0.05, 0.1) is 17.8 Å². The Balaban J connectivity index is 1.46. The Bertz CT molecular complexity index is 1230. The molecule has 4 aromatic rings. The molecule has 0 radical (unpaired) electrons. The molecule has 0 spiro atoms. The SMILES string of the molecule is Cc1ccc(Oc2ccc(N3C(=S)N[C@@H](c4ccccn4)[C@@H]3c3cc(Br)cs3)cc2)cc1. The van der Waals surface area contributed by atoms with Gasteiger partial charge < -0.3 is 15.0 Å². The van der Waals surface area contributed by atoms with E-state index in [9.17, 15) is 0 Å². The molecule has 2 aromatic carbocycles. The van der Waals surface area contributed by atoms with Crippen molar-refractivity contribution < 1.29 is 4.74 Å². The Labute approximate surface area is 205 Å². The molecule has 160 valence electrons. The summed E-state index contributed by atoms with van der Waals surface area (Å²) in [5.74, 6) is 1.60. The van der Waals surface area contributed by atoms with Gasteiger partial charge in [0.15, 0.2) is 5.11 Å². The van der Waals surface area contributed by atoms with Crippen LogP contribution in [0.4, 0.5) is 5.69 Å². The Morgan fingerprint density at radius 2 is 1.75 bits per heavy atom. The summed E-state index contributed by atoms with van der Waals surface area (Å²) in [6.45, 7) is 2.06. The molecule has 2 atom stereocenters. The summed E-state index contributed by atoms with van der Waals surface area (Å²) in [4.78, 5) is 7.97. The van der Waals surface area contributed by atoms with Gasteiger partial charge in [0.1, 0.15) is 11.5 Å². The normalized spacial score (nSPS) is 17.9. The zero-order valence-corrected chi connectivity index (χ0v) is 20.5. The number of ether oxygens (including phenoxy) is 1. The molecule has 5 rings (SSSR count). The number of hydrogen-bond donors (Lipinski definition) is 1. The highest BCUT2D eigenvalue weighted by Crippen LogP contribution is 2.44. The van der Waals surface area contributed by atoms with Gasteiger partial charge in [-0.05, 0) is 89.7 Å². The maximum absolute atomic E-state index is 6.00.